The van der Waals surface area contributed by atoms with E-state index >= 15 is 4.79 Å². The van der Waals surface area contributed by atoms with Crippen molar-refractivity contribution < 1.29 is 24.2 Å². The van der Waals surface area contributed by atoms with E-state index in [-0.39, 0.29) is 24.2 Å². The van der Waals surface area contributed by atoms with E-state index in [1.54, 1.807) is 11.0 Å². The molecule has 2 N–H and O–H groups in total. The first-order chi connectivity index (χ1) is 28.3. The van der Waals surface area contributed by atoms with Gasteiger partial charge in [0.25, 0.3) is 5.91 Å². The third-order valence-electron chi connectivity index (χ3n) is 11.1. The van der Waals surface area contributed by atoms with Gasteiger partial charge in [-0.2, -0.15) is 0 Å². The highest BCUT2D eigenvalue weighted by molar-refractivity contribution is 6.35. The third kappa shape index (κ3) is 7.57. The number of aryl methyl sites for hydroxylation is 6. The Morgan fingerprint density at radius 3 is 2.32 bits per heavy atom. The number of nitrogens with one attached hydrogen (secondary N) is 1. The summed E-state index contributed by atoms with van der Waals surface area (Å²) < 4.78 is 14.4. The average molecular weight is 831 g/mol. The Hall–Kier alpha value is -5.68. The molecule has 1 amide bonds. The van der Waals surface area contributed by atoms with Gasteiger partial charge in [0.05, 0.1) is 35.0 Å². The fraction of sp³-hybridized carbons (Fsp3) is 0.277. The first-order valence-corrected chi connectivity index (χ1v) is 20.5. The van der Waals surface area contributed by atoms with Crippen LogP contribution in [0.4, 0.5) is 5.69 Å². The summed E-state index contributed by atoms with van der Waals surface area (Å²) in [5, 5.41) is 12.7. The molecule has 4 heterocycles. The number of anilines is 1. The lowest BCUT2D eigenvalue weighted by Crippen LogP contribution is -2.43. The van der Waals surface area contributed by atoms with Crippen molar-refractivity contribution in [2.24, 2.45) is 0 Å². The van der Waals surface area contributed by atoms with Crippen molar-refractivity contribution in [3.8, 4) is 16.9 Å². The smallest absolute Gasteiger partial charge is 0.352 e. The molecular formula is C47H45Cl2N5O5. The standard InChI is InChI=1S/C47H45Cl2N5O5/c1-25-17-32-21-37(47(56)57)52-43(32)38(18-25)53-22-28(4)54-44-35(34(45(54)46(53)55)13-10-16-59-33-19-26(2)42(49)27(3)20-33)14-15-36(48)41(44)40-29(5)50-39(51-30(40)6)24-58-23-31-11-8-7-9-12-31/h7-9,11-12,14-15,17-21,28,52H,10,13,16,22-24H2,1-6H3,(H,56,57). The number of aromatic amines is 1. The van der Waals surface area contributed by atoms with Crippen LogP contribution in [0.1, 0.15) is 85.4 Å². The quantitative estimate of drug-likeness (QED) is 0.118. The number of carboxylic acid groups (broad SMARTS) is 1. The molecule has 4 aromatic carbocycles. The Morgan fingerprint density at radius 1 is 0.915 bits per heavy atom. The zero-order valence-corrected chi connectivity index (χ0v) is 35.4. The van der Waals surface area contributed by atoms with E-state index in [1.807, 2.05) is 101 Å². The number of carbonyl (C=O) groups is 2. The van der Waals surface area contributed by atoms with Crippen LogP contribution in [-0.2, 0) is 24.4 Å². The van der Waals surface area contributed by atoms with Gasteiger partial charge in [0.2, 0.25) is 0 Å². The normalized spacial score (nSPS) is 14.1. The van der Waals surface area contributed by atoms with Gasteiger partial charge >= 0.3 is 5.97 Å². The highest BCUT2D eigenvalue weighted by Gasteiger charge is 2.37. The Labute approximate surface area is 352 Å². The maximum Gasteiger partial charge on any atom is 0.352 e. The number of fused-ring (bicyclic) bond motifs is 4. The number of benzene rings is 4. The zero-order valence-electron chi connectivity index (χ0n) is 33.9. The molecule has 0 aliphatic carbocycles. The number of aromatic carboxylic acids is 1. The molecule has 0 bridgehead atoms. The van der Waals surface area contributed by atoms with E-state index in [2.05, 4.69) is 16.5 Å². The summed E-state index contributed by atoms with van der Waals surface area (Å²) in [6.07, 6.45) is 1.16. The van der Waals surface area contributed by atoms with Crippen molar-refractivity contribution in [3.05, 3.63) is 139 Å². The molecule has 0 fully saturated rings. The lowest BCUT2D eigenvalue weighted by Gasteiger charge is -2.35. The topological polar surface area (TPSA) is 123 Å². The van der Waals surface area contributed by atoms with Crippen LogP contribution < -0.4 is 9.64 Å². The molecule has 0 saturated carbocycles. The van der Waals surface area contributed by atoms with Gasteiger partial charge in [0, 0.05) is 50.9 Å². The molecule has 8 rings (SSSR count). The lowest BCUT2D eigenvalue weighted by atomic mass is 9.97. The monoisotopic (exact) mass is 829 g/mol. The number of aromatic nitrogens is 4. The van der Waals surface area contributed by atoms with E-state index < -0.39 is 5.97 Å². The van der Waals surface area contributed by atoms with Gasteiger partial charge in [0.1, 0.15) is 23.7 Å². The number of carboxylic acids is 1. The van der Waals surface area contributed by atoms with Crippen LogP contribution in [0, 0.1) is 34.6 Å². The van der Waals surface area contributed by atoms with Crippen molar-refractivity contribution in [2.75, 3.05) is 18.1 Å². The second-order valence-corrected chi connectivity index (χ2v) is 16.3. The van der Waals surface area contributed by atoms with E-state index in [9.17, 15) is 9.90 Å². The molecule has 1 aliphatic rings. The average Bonchev–Trinajstić information content (AvgIpc) is 3.78. The van der Waals surface area contributed by atoms with Crippen molar-refractivity contribution in [2.45, 2.75) is 73.6 Å². The molecule has 10 nitrogen and oxygen atoms in total. The second-order valence-electron chi connectivity index (χ2n) is 15.5. The summed E-state index contributed by atoms with van der Waals surface area (Å²) >= 11 is 13.6. The first-order valence-electron chi connectivity index (χ1n) is 19.7. The molecule has 0 spiro atoms. The molecule has 12 heteroatoms. The molecule has 59 heavy (non-hydrogen) atoms. The van der Waals surface area contributed by atoms with Crippen LogP contribution in [0.5, 0.6) is 5.75 Å². The number of rotatable bonds is 12. The van der Waals surface area contributed by atoms with Gasteiger partial charge in [-0.05, 0) is 119 Å². The number of carbonyl (C=O) groups excluding carboxylic acids is 1. The highest BCUT2D eigenvalue weighted by atomic mass is 35.5. The SMILES string of the molecule is Cc1cc(N2CC(C)n3c(c(CCCOc4cc(C)c(Cl)c(C)c4)c4ccc(Cl)c(-c5c(C)nc(COCc6ccccc6)nc5C)c43)C2=O)c2[nH]c(C(=O)O)cc2c1. The van der Waals surface area contributed by atoms with Gasteiger partial charge in [-0.1, -0.05) is 59.6 Å². The van der Waals surface area contributed by atoms with Crippen LogP contribution in [0.15, 0.2) is 72.8 Å². The Kier molecular flexibility index (Phi) is 11.0. The Bertz CT molecular complexity index is 2750. The summed E-state index contributed by atoms with van der Waals surface area (Å²) in [7, 11) is 0. The summed E-state index contributed by atoms with van der Waals surface area (Å²) in [5.74, 6) is 0.0673. The van der Waals surface area contributed by atoms with Crippen LogP contribution in [-0.4, -0.2) is 49.7 Å². The summed E-state index contributed by atoms with van der Waals surface area (Å²) in [4.78, 5) is 41.9. The maximum absolute atomic E-state index is 15.2. The van der Waals surface area contributed by atoms with Gasteiger partial charge in [-0.15, -0.1) is 0 Å². The van der Waals surface area contributed by atoms with Crippen LogP contribution >= 0.6 is 23.2 Å². The van der Waals surface area contributed by atoms with Crippen molar-refractivity contribution in [1.82, 2.24) is 19.5 Å². The molecule has 1 unspecified atom stereocenters. The van der Waals surface area contributed by atoms with Gasteiger partial charge in [-0.25, -0.2) is 14.8 Å². The zero-order chi connectivity index (χ0) is 41.7. The molecular weight excluding hydrogens is 785 g/mol. The number of ether oxygens (including phenoxy) is 2. The molecule has 3 aromatic heterocycles. The van der Waals surface area contributed by atoms with E-state index in [4.69, 9.17) is 42.6 Å². The second kappa shape index (κ2) is 16.2. The summed E-state index contributed by atoms with van der Waals surface area (Å²) in [6, 6.07) is 23.0. The van der Waals surface area contributed by atoms with Crippen molar-refractivity contribution in [3.63, 3.8) is 0 Å². The fourth-order valence-electron chi connectivity index (χ4n) is 8.55. The van der Waals surface area contributed by atoms with Crippen LogP contribution in [0.25, 0.3) is 32.9 Å². The molecule has 302 valence electrons. The Morgan fingerprint density at radius 2 is 1.63 bits per heavy atom. The molecule has 1 aliphatic heterocycles. The number of hydrogen-bond donors (Lipinski definition) is 2. The fourth-order valence-corrected chi connectivity index (χ4v) is 8.90. The molecule has 0 radical (unpaired) electrons. The number of H-pyrrole nitrogens is 1. The third-order valence-corrected chi connectivity index (χ3v) is 12.0. The lowest BCUT2D eigenvalue weighted by molar-refractivity contribution is 0.0691. The van der Waals surface area contributed by atoms with Crippen LogP contribution in [0.3, 0.4) is 0 Å². The largest absolute Gasteiger partial charge is 0.494 e. The number of nitrogens with zero attached hydrogens (tertiary/aromatic N) is 4. The maximum atomic E-state index is 15.2. The first kappa shape index (κ1) is 40.1. The van der Waals surface area contributed by atoms with Gasteiger partial charge in [-0.3, -0.25) is 4.79 Å². The van der Waals surface area contributed by atoms with Gasteiger partial charge in [0.15, 0.2) is 5.82 Å². The van der Waals surface area contributed by atoms with E-state index in [0.29, 0.717) is 60.3 Å². The predicted octanol–water partition coefficient (Wildman–Crippen LogP) is 11.1. The number of hydrogen-bond acceptors (Lipinski definition) is 6. The number of amides is 1. The van der Waals surface area contributed by atoms with E-state index in [1.165, 1.54) is 0 Å². The van der Waals surface area contributed by atoms with Crippen molar-refractivity contribution >= 4 is 62.6 Å². The highest BCUT2D eigenvalue weighted by Crippen LogP contribution is 2.45. The summed E-state index contributed by atoms with van der Waals surface area (Å²) in [6.45, 7) is 13.3. The predicted molar refractivity (Wildman–Crippen MR) is 234 cm³/mol. The van der Waals surface area contributed by atoms with Crippen molar-refractivity contribution in [1.29, 1.82) is 0 Å². The molecule has 7 aromatic rings. The minimum absolute atomic E-state index is 0.0613. The minimum atomic E-state index is -1.07. The molecule has 1 atom stereocenters. The van der Waals surface area contributed by atoms with Crippen LogP contribution in [0.2, 0.25) is 10.0 Å². The Balaban J connectivity index is 1.22. The van der Waals surface area contributed by atoms with Gasteiger partial charge < -0.3 is 29.0 Å². The number of halogens is 2. The van der Waals surface area contributed by atoms with E-state index in [0.717, 1.165) is 77.4 Å². The molecule has 0 saturated heterocycles. The summed E-state index contributed by atoms with van der Waals surface area (Å²) in [5.41, 5.74) is 10.5. The minimum Gasteiger partial charge on any atom is -0.494 e.